The molecule has 3 nitrogen and oxygen atoms in total. The second-order valence-electron chi connectivity index (χ2n) is 7.98. The van der Waals surface area contributed by atoms with E-state index in [2.05, 4.69) is 47.4 Å². The molecule has 1 aliphatic carbocycles. The van der Waals surface area contributed by atoms with Crippen molar-refractivity contribution < 1.29 is 4.39 Å². The van der Waals surface area contributed by atoms with Crippen molar-refractivity contribution in [3.05, 3.63) is 47.1 Å². The Morgan fingerprint density at radius 2 is 2.03 bits per heavy atom. The zero-order valence-electron chi connectivity index (χ0n) is 17.3. The van der Waals surface area contributed by atoms with Crippen molar-refractivity contribution >= 4 is 22.9 Å². The molecule has 0 saturated heterocycles. The number of rotatable bonds is 3. The Bertz CT molecular complexity index is 1060. The van der Waals surface area contributed by atoms with Crippen LogP contribution in [0.15, 0.2) is 35.0 Å². The first-order chi connectivity index (χ1) is 14.2. The summed E-state index contributed by atoms with van der Waals surface area (Å²) in [6, 6.07) is 1.97. The number of aliphatic imine (C=N–C) groups is 1. The van der Waals surface area contributed by atoms with E-state index in [0.29, 0.717) is 6.04 Å². The van der Waals surface area contributed by atoms with E-state index in [9.17, 15) is 4.39 Å². The summed E-state index contributed by atoms with van der Waals surface area (Å²) < 4.78 is 16.4. The summed E-state index contributed by atoms with van der Waals surface area (Å²) in [7, 11) is 0. The monoisotopic (exact) mass is 389 g/mol. The van der Waals surface area contributed by atoms with Gasteiger partial charge in [-0.05, 0) is 63.5 Å². The van der Waals surface area contributed by atoms with Crippen molar-refractivity contribution in [1.82, 2.24) is 9.55 Å². The van der Waals surface area contributed by atoms with Crippen molar-refractivity contribution in [3.63, 3.8) is 0 Å². The maximum absolute atomic E-state index is 14.1. The standard InChI is InChI=1S/C25H28FN3/c1-3-4-6-13-21-22-15-19(26)17-28-25(22)29(20-11-9-12-20)24(21)23-14-8-5-7-10-18(2)16-27-23/h10,14-17,20H,3-5,7-9,11-12H2,1-2H3/b18-10-,23-14+,27-16+. The lowest BCUT2D eigenvalue weighted by atomic mass is 9.92. The van der Waals surface area contributed by atoms with Gasteiger partial charge in [-0.1, -0.05) is 30.9 Å². The molecular formula is C25H28FN3. The zero-order valence-corrected chi connectivity index (χ0v) is 17.3. The summed E-state index contributed by atoms with van der Waals surface area (Å²) in [6.07, 6.45) is 16.1. The van der Waals surface area contributed by atoms with Crippen molar-refractivity contribution in [1.29, 1.82) is 0 Å². The van der Waals surface area contributed by atoms with Crippen LogP contribution in [0.4, 0.5) is 4.39 Å². The minimum atomic E-state index is -0.320. The molecule has 0 amide bonds. The number of halogens is 1. The molecule has 4 rings (SSSR count). The van der Waals surface area contributed by atoms with Gasteiger partial charge in [-0.3, -0.25) is 4.99 Å². The van der Waals surface area contributed by atoms with E-state index in [1.165, 1.54) is 18.2 Å². The molecule has 2 aliphatic rings. The fourth-order valence-corrected chi connectivity index (χ4v) is 3.94. The first kappa shape index (κ1) is 19.6. The predicted molar refractivity (Wildman–Crippen MR) is 118 cm³/mol. The largest absolute Gasteiger partial charge is 0.320 e. The van der Waals surface area contributed by atoms with Crippen LogP contribution in [-0.4, -0.2) is 15.8 Å². The van der Waals surface area contributed by atoms with Crippen LogP contribution in [0.1, 0.15) is 82.5 Å². The second kappa shape index (κ2) is 8.78. The van der Waals surface area contributed by atoms with Gasteiger partial charge in [-0.25, -0.2) is 9.37 Å². The molecule has 1 aliphatic heterocycles. The van der Waals surface area contributed by atoms with Crippen LogP contribution in [-0.2, 0) is 0 Å². The van der Waals surface area contributed by atoms with Crippen molar-refractivity contribution in [2.75, 3.05) is 0 Å². The van der Waals surface area contributed by atoms with Gasteiger partial charge in [-0.15, -0.1) is 0 Å². The van der Waals surface area contributed by atoms with Gasteiger partial charge >= 0.3 is 0 Å². The van der Waals surface area contributed by atoms with Crippen LogP contribution in [0.25, 0.3) is 16.7 Å². The summed E-state index contributed by atoms with van der Waals surface area (Å²) in [5.74, 6) is 6.32. The quantitative estimate of drug-likeness (QED) is 0.544. The zero-order chi connectivity index (χ0) is 20.2. The molecule has 0 unspecified atom stereocenters. The van der Waals surface area contributed by atoms with Gasteiger partial charge in [0.2, 0.25) is 0 Å². The molecule has 1 saturated carbocycles. The van der Waals surface area contributed by atoms with E-state index in [0.717, 1.165) is 72.9 Å². The van der Waals surface area contributed by atoms with Crippen LogP contribution >= 0.6 is 0 Å². The number of aromatic nitrogens is 2. The van der Waals surface area contributed by atoms with E-state index in [1.54, 1.807) is 6.07 Å². The molecule has 0 spiro atoms. The Morgan fingerprint density at radius 1 is 1.21 bits per heavy atom. The fraction of sp³-hybridized carbons (Fsp3) is 0.440. The van der Waals surface area contributed by atoms with Gasteiger partial charge in [0, 0.05) is 24.1 Å². The lowest BCUT2D eigenvalue weighted by Gasteiger charge is -2.29. The molecule has 0 atom stereocenters. The van der Waals surface area contributed by atoms with Gasteiger partial charge in [-0.2, -0.15) is 0 Å². The second-order valence-corrected chi connectivity index (χ2v) is 7.98. The van der Waals surface area contributed by atoms with Gasteiger partial charge in [0.1, 0.15) is 11.5 Å². The Morgan fingerprint density at radius 3 is 2.79 bits per heavy atom. The maximum Gasteiger partial charge on any atom is 0.142 e. The van der Waals surface area contributed by atoms with Gasteiger partial charge < -0.3 is 4.57 Å². The average molecular weight is 390 g/mol. The predicted octanol–water partition coefficient (Wildman–Crippen LogP) is 6.59. The van der Waals surface area contributed by atoms with Crippen molar-refractivity contribution in [3.8, 4) is 11.8 Å². The van der Waals surface area contributed by atoms with Gasteiger partial charge in [0.15, 0.2) is 0 Å². The van der Waals surface area contributed by atoms with Crippen LogP contribution in [0.3, 0.4) is 0 Å². The average Bonchev–Trinajstić information content (AvgIpc) is 3.00. The molecule has 1 fully saturated rings. The molecule has 3 heterocycles. The van der Waals surface area contributed by atoms with Crippen LogP contribution in [0.2, 0.25) is 0 Å². The first-order valence-electron chi connectivity index (χ1n) is 10.8. The number of unbranched alkanes of at least 4 members (excludes halogenated alkanes) is 1. The van der Waals surface area contributed by atoms with Crippen molar-refractivity contribution in [2.24, 2.45) is 4.99 Å². The third-order valence-electron chi connectivity index (χ3n) is 5.70. The lowest BCUT2D eigenvalue weighted by molar-refractivity contribution is 0.318. The molecular weight excluding hydrogens is 361 g/mol. The molecule has 29 heavy (non-hydrogen) atoms. The van der Waals surface area contributed by atoms with E-state index in [-0.39, 0.29) is 5.82 Å². The molecule has 0 radical (unpaired) electrons. The number of allylic oxidation sites excluding steroid dienone is 3. The van der Waals surface area contributed by atoms with Crippen LogP contribution in [0, 0.1) is 17.7 Å². The third-order valence-corrected chi connectivity index (χ3v) is 5.70. The van der Waals surface area contributed by atoms with Crippen LogP contribution in [0.5, 0.6) is 0 Å². The Balaban J connectivity index is 1.98. The molecule has 2 aromatic rings. The Labute approximate surface area is 172 Å². The normalized spacial score (nSPS) is 22.2. The highest BCUT2D eigenvalue weighted by molar-refractivity contribution is 5.93. The van der Waals surface area contributed by atoms with Crippen LogP contribution < -0.4 is 0 Å². The summed E-state index contributed by atoms with van der Waals surface area (Å²) in [6.45, 7) is 4.21. The topological polar surface area (TPSA) is 30.2 Å². The fourth-order valence-electron chi connectivity index (χ4n) is 3.94. The minimum absolute atomic E-state index is 0.320. The third kappa shape index (κ3) is 4.05. The smallest absolute Gasteiger partial charge is 0.142 e. The number of hydrogen-bond acceptors (Lipinski definition) is 2. The molecule has 0 N–H and O–H groups in total. The molecule has 2 aromatic heterocycles. The summed E-state index contributed by atoms with van der Waals surface area (Å²) in [5, 5.41) is 0.804. The Hall–Kier alpha value is -2.67. The minimum Gasteiger partial charge on any atom is -0.320 e. The van der Waals surface area contributed by atoms with E-state index in [1.807, 2.05) is 6.21 Å². The SMILES string of the molecule is CCCC#Cc1c(C2=C/CCC\C=C(C)/C=N/2)n(C2CCC2)c2ncc(F)cc12. The first-order valence-corrected chi connectivity index (χ1v) is 10.8. The van der Waals surface area contributed by atoms with Crippen molar-refractivity contribution in [2.45, 2.75) is 71.3 Å². The van der Waals surface area contributed by atoms with E-state index >= 15 is 0 Å². The van der Waals surface area contributed by atoms with Gasteiger partial charge in [0.05, 0.1) is 23.2 Å². The van der Waals surface area contributed by atoms with E-state index < -0.39 is 0 Å². The lowest BCUT2D eigenvalue weighted by Crippen LogP contribution is -2.19. The molecule has 150 valence electrons. The summed E-state index contributed by atoms with van der Waals surface area (Å²) in [4.78, 5) is 9.35. The molecule has 4 heteroatoms. The highest BCUT2D eigenvalue weighted by Crippen LogP contribution is 2.41. The highest BCUT2D eigenvalue weighted by atomic mass is 19.1. The number of fused-ring (bicyclic) bond motifs is 1. The highest BCUT2D eigenvalue weighted by Gasteiger charge is 2.29. The molecule has 0 bridgehead atoms. The van der Waals surface area contributed by atoms with Gasteiger partial charge in [0.25, 0.3) is 0 Å². The summed E-state index contributed by atoms with van der Waals surface area (Å²) in [5.41, 5.74) is 4.82. The van der Waals surface area contributed by atoms with E-state index in [4.69, 9.17) is 4.99 Å². The molecule has 0 aromatic carbocycles. The maximum atomic E-state index is 14.1. The number of pyridine rings is 1. The Kier molecular flexibility index (Phi) is 5.94. The summed E-state index contributed by atoms with van der Waals surface area (Å²) >= 11 is 0. The number of hydrogen-bond donors (Lipinski definition) is 0. The number of nitrogens with zero attached hydrogens (tertiary/aromatic N) is 3.